The first kappa shape index (κ1) is 22.5. The number of aryl methyl sites for hydroxylation is 1. The number of carbonyl (C=O) groups is 3. The Kier molecular flexibility index (Phi) is 7.45. The molecule has 0 spiro atoms. The maximum absolute atomic E-state index is 12.9. The minimum atomic E-state index is -0.411. The van der Waals surface area contributed by atoms with Gasteiger partial charge in [0.1, 0.15) is 0 Å². The average Bonchev–Trinajstić information content (AvgIpc) is 3.15. The lowest BCUT2D eigenvalue weighted by molar-refractivity contribution is -0.128. The Bertz CT molecular complexity index is 939. The third kappa shape index (κ3) is 5.72. The highest BCUT2D eigenvalue weighted by Crippen LogP contribution is 2.27. The third-order valence-electron chi connectivity index (χ3n) is 5.78. The lowest BCUT2D eigenvalue weighted by atomic mass is 10.1. The fourth-order valence-electron chi connectivity index (χ4n) is 3.74. The summed E-state index contributed by atoms with van der Waals surface area (Å²) in [4.78, 5) is 40.4. The van der Waals surface area contributed by atoms with E-state index in [1.54, 1.807) is 16.8 Å². The van der Waals surface area contributed by atoms with Crippen LogP contribution in [0, 0.1) is 5.92 Å². The van der Waals surface area contributed by atoms with E-state index in [0.717, 1.165) is 30.5 Å². The van der Waals surface area contributed by atoms with E-state index in [1.165, 1.54) is 12.5 Å². The van der Waals surface area contributed by atoms with Crippen molar-refractivity contribution in [1.29, 1.82) is 0 Å². The molecule has 0 saturated carbocycles. The molecule has 1 heterocycles. The first-order valence-electron chi connectivity index (χ1n) is 10.9. The fourth-order valence-corrected chi connectivity index (χ4v) is 3.74. The summed E-state index contributed by atoms with van der Waals surface area (Å²) in [6.07, 6.45) is 3.53. The predicted molar refractivity (Wildman–Crippen MR) is 123 cm³/mol. The number of hydrogen-bond donors (Lipinski definition) is 1. The van der Waals surface area contributed by atoms with Gasteiger partial charge < -0.3 is 15.1 Å². The second kappa shape index (κ2) is 10.2. The van der Waals surface area contributed by atoms with E-state index < -0.39 is 5.92 Å². The molecule has 1 atom stereocenters. The summed E-state index contributed by atoms with van der Waals surface area (Å²) in [6.45, 7) is 4.46. The topological polar surface area (TPSA) is 69.7 Å². The van der Waals surface area contributed by atoms with Crippen molar-refractivity contribution in [2.24, 2.45) is 5.92 Å². The van der Waals surface area contributed by atoms with Crippen molar-refractivity contribution in [2.45, 2.75) is 46.1 Å². The molecule has 3 rings (SSSR count). The number of amides is 3. The first-order chi connectivity index (χ1) is 14.9. The molecule has 2 aromatic rings. The number of carbonyl (C=O) groups excluding carboxylic acids is 3. The van der Waals surface area contributed by atoms with Crippen LogP contribution in [-0.4, -0.2) is 36.2 Å². The molecule has 1 aliphatic rings. The third-order valence-corrected chi connectivity index (χ3v) is 5.78. The van der Waals surface area contributed by atoms with Gasteiger partial charge in [0, 0.05) is 44.9 Å². The van der Waals surface area contributed by atoms with Crippen LogP contribution in [0.3, 0.4) is 0 Å². The van der Waals surface area contributed by atoms with E-state index in [0.29, 0.717) is 18.8 Å². The average molecular weight is 422 g/mol. The van der Waals surface area contributed by atoms with Gasteiger partial charge in [-0.2, -0.15) is 0 Å². The first-order valence-corrected chi connectivity index (χ1v) is 10.9. The van der Waals surface area contributed by atoms with Crippen LogP contribution in [-0.2, 0) is 27.3 Å². The van der Waals surface area contributed by atoms with Crippen LogP contribution in [0.2, 0.25) is 0 Å². The number of benzene rings is 2. The van der Waals surface area contributed by atoms with Gasteiger partial charge in [0.2, 0.25) is 17.7 Å². The number of unbranched alkanes of at least 4 members (excludes halogenated alkanes) is 1. The maximum atomic E-state index is 12.9. The van der Waals surface area contributed by atoms with Crippen molar-refractivity contribution < 1.29 is 14.4 Å². The van der Waals surface area contributed by atoms with Gasteiger partial charge in [-0.05, 0) is 42.2 Å². The van der Waals surface area contributed by atoms with Crippen LogP contribution < -0.4 is 10.2 Å². The second-order valence-corrected chi connectivity index (χ2v) is 8.20. The van der Waals surface area contributed by atoms with Gasteiger partial charge in [0.25, 0.3) is 0 Å². The minimum absolute atomic E-state index is 0.0361. The lowest BCUT2D eigenvalue weighted by Gasteiger charge is -2.19. The van der Waals surface area contributed by atoms with Gasteiger partial charge in [-0.25, -0.2) is 0 Å². The maximum Gasteiger partial charge on any atom is 0.229 e. The highest BCUT2D eigenvalue weighted by molar-refractivity contribution is 6.03. The Morgan fingerprint density at radius 3 is 2.52 bits per heavy atom. The number of nitrogens with zero attached hydrogens (tertiary/aromatic N) is 2. The Morgan fingerprint density at radius 1 is 1.13 bits per heavy atom. The van der Waals surface area contributed by atoms with Gasteiger partial charge in [-0.1, -0.05) is 43.7 Å². The molecule has 6 nitrogen and oxygen atoms in total. The van der Waals surface area contributed by atoms with E-state index in [9.17, 15) is 14.4 Å². The van der Waals surface area contributed by atoms with Crippen molar-refractivity contribution in [2.75, 3.05) is 23.8 Å². The van der Waals surface area contributed by atoms with E-state index in [-0.39, 0.29) is 24.1 Å². The fraction of sp³-hybridized carbons (Fsp3) is 0.400. The van der Waals surface area contributed by atoms with Crippen LogP contribution in [0.1, 0.15) is 44.2 Å². The number of nitrogens with one attached hydrogen (secondary N) is 1. The van der Waals surface area contributed by atoms with Crippen molar-refractivity contribution in [1.82, 2.24) is 4.90 Å². The standard InChI is InChI=1S/C25H31N3O3/c1-4-5-8-19-11-13-22(14-12-19)28-17-21(15-24(28)30)25(31)26-23-10-7-6-9-20(23)16-27(3)18(2)29/h6-7,9-14,21H,4-5,8,15-17H2,1-3H3,(H,26,31). The largest absolute Gasteiger partial charge is 0.342 e. The molecule has 1 fully saturated rings. The van der Waals surface area contributed by atoms with Gasteiger partial charge in [-0.3, -0.25) is 14.4 Å². The van der Waals surface area contributed by atoms with Crippen LogP contribution >= 0.6 is 0 Å². The van der Waals surface area contributed by atoms with Crippen LogP contribution in [0.5, 0.6) is 0 Å². The smallest absolute Gasteiger partial charge is 0.229 e. The zero-order valence-corrected chi connectivity index (χ0v) is 18.6. The zero-order valence-electron chi connectivity index (χ0n) is 18.6. The van der Waals surface area contributed by atoms with E-state index in [1.807, 2.05) is 36.4 Å². The Hall–Kier alpha value is -3.15. The van der Waals surface area contributed by atoms with Gasteiger partial charge in [0.05, 0.1) is 5.92 Å². The number of anilines is 2. The molecular weight excluding hydrogens is 390 g/mol. The van der Waals surface area contributed by atoms with Crippen LogP contribution in [0.15, 0.2) is 48.5 Å². The lowest BCUT2D eigenvalue weighted by Crippen LogP contribution is -2.29. The summed E-state index contributed by atoms with van der Waals surface area (Å²) < 4.78 is 0. The molecule has 1 saturated heterocycles. The summed E-state index contributed by atoms with van der Waals surface area (Å²) in [6, 6.07) is 15.5. The molecule has 3 amide bonds. The van der Waals surface area contributed by atoms with Gasteiger partial charge in [-0.15, -0.1) is 0 Å². The molecule has 2 aromatic carbocycles. The van der Waals surface area contributed by atoms with Crippen molar-refractivity contribution in [3.8, 4) is 0 Å². The highest BCUT2D eigenvalue weighted by atomic mass is 16.2. The summed E-state index contributed by atoms with van der Waals surface area (Å²) >= 11 is 0. The quantitative estimate of drug-likeness (QED) is 0.700. The van der Waals surface area contributed by atoms with Crippen molar-refractivity contribution in [3.63, 3.8) is 0 Å². The predicted octanol–water partition coefficient (Wildman–Crippen LogP) is 4.00. The molecule has 0 radical (unpaired) electrons. The molecule has 1 aliphatic heterocycles. The summed E-state index contributed by atoms with van der Waals surface area (Å²) in [5.74, 6) is -0.663. The molecule has 0 bridgehead atoms. The minimum Gasteiger partial charge on any atom is -0.342 e. The molecular formula is C25H31N3O3. The Labute approximate surface area is 184 Å². The Balaban J connectivity index is 1.65. The molecule has 6 heteroatoms. The highest BCUT2D eigenvalue weighted by Gasteiger charge is 2.35. The monoisotopic (exact) mass is 421 g/mol. The summed E-state index contributed by atoms with van der Waals surface area (Å²) in [5.41, 5.74) is 3.63. The number of rotatable bonds is 8. The van der Waals surface area contributed by atoms with Gasteiger partial charge in [0.15, 0.2) is 0 Å². The molecule has 0 aromatic heterocycles. The Morgan fingerprint density at radius 2 is 1.84 bits per heavy atom. The zero-order chi connectivity index (χ0) is 22.4. The SMILES string of the molecule is CCCCc1ccc(N2CC(C(=O)Nc3ccccc3CN(C)C(C)=O)CC2=O)cc1. The van der Waals surface area contributed by atoms with E-state index >= 15 is 0 Å². The van der Waals surface area contributed by atoms with Crippen molar-refractivity contribution in [3.05, 3.63) is 59.7 Å². The normalized spacial score (nSPS) is 15.8. The molecule has 0 aliphatic carbocycles. The van der Waals surface area contributed by atoms with E-state index in [2.05, 4.69) is 24.4 Å². The van der Waals surface area contributed by atoms with Crippen LogP contribution in [0.4, 0.5) is 11.4 Å². The molecule has 164 valence electrons. The number of hydrogen-bond acceptors (Lipinski definition) is 3. The second-order valence-electron chi connectivity index (χ2n) is 8.20. The van der Waals surface area contributed by atoms with Crippen LogP contribution in [0.25, 0.3) is 0 Å². The van der Waals surface area contributed by atoms with Gasteiger partial charge >= 0.3 is 0 Å². The summed E-state index contributed by atoms with van der Waals surface area (Å²) in [7, 11) is 1.72. The van der Waals surface area contributed by atoms with E-state index in [4.69, 9.17) is 0 Å². The number of para-hydroxylation sites is 1. The molecule has 31 heavy (non-hydrogen) atoms. The molecule has 1 unspecified atom stereocenters. The summed E-state index contributed by atoms with van der Waals surface area (Å²) in [5, 5.41) is 2.97. The molecule has 1 N–H and O–H groups in total. The van der Waals surface area contributed by atoms with Crippen molar-refractivity contribution >= 4 is 29.1 Å².